The first kappa shape index (κ1) is 21.9. The lowest BCUT2D eigenvalue weighted by atomic mass is 10.1. The van der Waals surface area contributed by atoms with Gasteiger partial charge in [-0.05, 0) is 55.5 Å². The summed E-state index contributed by atoms with van der Waals surface area (Å²) in [4.78, 5) is 25.7. The first-order chi connectivity index (χ1) is 15.3. The van der Waals surface area contributed by atoms with Crippen LogP contribution in [0, 0.1) is 0 Å². The van der Waals surface area contributed by atoms with Crippen LogP contribution < -0.4 is 14.9 Å². The molecular formula is C23H21N3O4S2. The molecule has 7 nitrogen and oxygen atoms in total. The average Bonchev–Trinajstić information content (AvgIpc) is 2.79. The molecule has 0 bridgehead atoms. The van der Waals surface area contributed by atoms with Gasteiger partial charge in [-0.25, -0.2) is 8.42 Å². The Morgan fingerprint density at radius 3 is 2.53 bits per heavy atom. The Kier molecular flexibility index (Phi) is 5.94. The molecule has 4 rings (SSSR count). The van der Waals surface area contributed by atoms with E-state index in [0.29, 0.717) is 22.6 Å². The Morgan fingerprint density at radius 1 is 1.03 bits per heavy atom. The third-order valence-electron chi connectivity index (χ3n) is 5.04. The lowest BCUT2D eigenvalue weighted by Gasteiger charge is -2.21. The van der Waals surface area contributed by atoms with E-state index in [9.17, 15) is 18.0 Å². The molecule has 0 aromatic heterocycles. The van der Waals surface area contributed by atoms with Crippen LogP contribution in [-0.4, -0.2) is 32.5 Å². The predicted molar refractivity (Wildman–Crippen MR) is 127 cm³/mol. The molecular weight excluding hydrogens is 446 g/mol. The molecule has 9 heteroatoms. The van der Waals surface area contributed by atoms with Crippen LogP contribution in [0.25, 0.3) is 0 Å². The maximum atomic E-state index is 13.0. The SMILES string of the molecule is C[C@H]1Sc2ccc(C(=O)Nc3cccc(S(=O)(=O)N(C)c4ccccc4)c3)cc2NC1=O. The zero-order valence-electron chi connectivity index (χ0n) is 17.4. The number of rotatable bonds is 5. The maximum absolute atomic E-state index is 13.0. The Labute approximate surface area is 190 Å². The van der Waals surface area contributed by atoms with Crippen LogP contribution in [0.5, 0.6) is 0 Å². The molecule has 1 heterocycles. The number of fused-ring (bicyclic) bond motifs is 1. The summed E-state index contributed by atoms with van der Waals surface area (Å²) >= 11 is 1.43. The van der Waals surface area contributed by atoms with Crippen LogP contribution in [0.4, 0.5) is 17.1 Å². The summed E-state index contributed by atoms with van der Waals surface area (Å²) in [6.45, 7) is 1.82. The monoisotopic (exact) mass is 467 g/mol. The highest BCUT2D eigenvalue weighted by molar-refractivity contribution is 8.01. The molecule has 0 spiro atoms. The van der Waals surface area contributed by atoms with Gasteiger partial charge in [0.15, 0.2) is 0 Å². The van der Waals surface area contributed by atoms with Gasteiger partial charge in [-0.1, -0.05) is 24.3 Å². The number of benzene rings is 3. The van der Waals surface area contributed by atoms with Crippen molar-refractivity contribution in [3.8, 4) is 0 Å². The number of hydrogen-bond acceptors (Lipinski definition) is 5. The highest BCUT2D eigenvalue weighted by atomic mass is 32.2. The zero-order chi connectivity index (χ0) is 22.9. The normalized spacial score (nSPS) is 15.4. The molecule has 3 aromatic rings. The molecule has 3 aromatic carbocycles. The summed E-state index contributed by atoms with van der Waals surface area (Å²) in [5.41, 5.74) is 1.83. The van der Waals surface area contributed by atoms with E-state index in [1.54, 1.807) is 54.6 Å². The minimum Gasteiger partial charge on any atom is -0.324 e. The van der Waals surface area contributed by atoms with Crippen LogP contribution in [-0.2, 0) is 14.8 Å². The molecule has 0 saturated heterocycles. The van der Waals surface area contributed by atoms with E-state index in [1.165, 1.54) is 35.2 Å². The molecule has 0 fully saturated rings. The van der Waals surface area contributed by atoms with Crippen molar-refractivity contribution in [2.75, 3.05) is 22.0 Å². The van der Waals surface area contributed by atoms with E-state index < -0.39 is 15.9 Å². The predicted octanol–water partition coefficient (Wildman–Crippen LogP) is 4.20. The second-order valence-electron chi connectivity index (χ2n) is 7.25. The summed E-state index contributed by atoms with van der Waals surface area (Å²) in [5, 5.41) is 5.34. The van der Waals surface area contributed by atoms with Crippen LogP contribution in [0.3, 0.4) is 0 Å². The molecule has 0 unspecified atom stereocenters. The van der Waals surface area contributed by atoms with Gasteiger partial charge >= 0.3 is 0 Å². The smallest absolute Gasteiger partial charge is 0.264 e. The fraction of sp³-hybridized carbons (Fsp3) is 0.130. The third kappa shape index (κ3) is 4.35. The number of thioether (sulfide) groups is 1. The van der Waals surface area contributed by atoms with Crippen LogP contribution in [0.2, 0.25) is 0 Å². The Balaban J connectivity index is 1.55. The van der Waals surface area contributed by atoms with Crippen molar-refractivity contribution in [2.24, 2.45) is 0 Å². The number of anilines is 3. The van der Waals surface area contributed by atoms with Crippen molar-refractivity contribution in [2.45, 2.75) is 22.0 Å². The lowest BCUT2D eigenvalue weighted by Crippen LogP contribution is -2.27. The minimum atomic E-state index is -3.81. The molecule has 1 aliphatic heterocycles. The van der Waals surface area contributed by atoms with E-state index in [4.69, 9.17) is 0 Å². The third-order valence-corrected chi connectivity index (χ3v) is 8.00. The van der Waals surface area contributed by atoms with Gasteiger partial charge < -0.3 is 10.6 Å². The van der Waals surface area contributed by atoms with Gasteiger partial charge in [0.25, 0.3) is 15.9 Å². The lowest BCUT2D eigenvalue weighted by molar-refractivity contribution is -0.115. The Bertz CT molecular complexity index is 1290. The average molecular weight is 468 g/mol. The number of nitrogens with one attached hydrogen (secondary N) is 2. The van der Waals surface area contributed by atoms with Gasteiger partial charge in [-0.2, -0.15) is 0 Å². The summed E-state index contributed by atoms with van der Waals surface area (Å²) < 4.78 is 27.3. The van der Waals surface area contributed by atoms with Crippen LogP contribution in [0.1, 0.15) is 17.3 Å². The maximum Gasteiger partial charge on any atom is 0.264 e. The Hall–Kier alpha value is -3.30. The second kappa shape index (κ2) is 8.68. The van der Waals surface area contributed by atoms with E-state index >= 15 is 0 Å². The van der Waals surface area contributed by atoms with Crippen molar-refractivity contribution >= 4 is 50.7 Å². The second-order valence-corrected chi connectivity index (χ2v) is 10.6. The van der Waals surface area contributed by atoms with Crippen LogP contribution in [0.15, 0.2) is 82.6 Å². The number of sulfonamides is 1. The van der Waals surface area contributed by atoms with E-state index in [-0.39, 0.29) is 16.1 Å². The first-order valence-electron chi connectivity index (χ1n) is 9.83. The number of carbonyl (C=O) groups excluding carboxylic acids is 2. The molecule has 0 radical (unpaired) electrons. The van der Waals surface area contributed by atoms with Gasteiger partial charge in [0.2, 0.25) is 5.91 Å². The summed E-state index contributed by atoms with van der Waals surface area (Å²) in [6, 6.07) is 19.9. The number of amides is 2. The van der Waals surface area contributed by atoms with E-state index in [2.05, 4.69) is 10.6 Å². The summed E-state index contributed by atoms with van der Waals surface area (Å²) in [6.07, 6.45) is 0. The highest BCUT2D eigenvalue weighted by Crippen LogP contribution is 2.36. The largest absolute Gasteiger partial charge is 0.324 e. The van der Waals surface area contributed by atoms with Gasteiger partial charge in [0.1, 0.15) is 0 Å². The molecule has 1 atom stereocenters. The minimum absolute atomic E-state index is 0.0599. The molecule has 164 valence electrons. The van der Waals surface area contributed by atoms with Crippen molar-refractivity contribution < 1.29 is 18.0 Å². The zero-order valence-corrected chi connectivity index (χ0v) is 19.0. The van der Waals surface area contributed by atoms with E-state index in [0.717, 1.165) is 4.90 Å². The molecule has 1 aliphatic rings. The van der Waals surface area contributed by atoms with Gasteiger partial charge in [0.05, 0.1) is 21.5 Å². The highest BCUT2D eigenvalue weighted by Gasteiger charge is 2.24. The fourth-order valence-electron chi connectivity index (χ4n) is 3.22. The van der Waals surface area contributed by atoms with Crippen molar-refractivity contribution in [3.05, 3.63) is 78.4 Å². The van der Waals surface area contributed by atoms with Crippen LogP contribution >= 0.6 is 11.8 Å². The number of nitrogens with zero attached hydrogens (tertiary/aromatic N) is 1. The fourth-order valence-corrected chi connectivity index (χ4v) is 5.39. The van der Waals surface area contributed by atoms with Gasteiger partial charge in [-0.15, -0.1) is 11.8 Å². The molecule has 0 saturated carbocycles. The molecule has 32 heavy (non-hydrogen) atoms. The molecule has 2 N–H and O–H groups in total. The molecule has 0 aliphatic carbocycles. The van der Waals surface area contributed by atoms with Gasteiger partial charge in [-0.3, -0.25) is 13.9 Å². The Morgan fingerprint density at radius 2 is 1.78 bits per heavy atom. The topological polar surface area (TPSA) is 95.6 Å². The van der Waals surface area contributed by atoms with Crippen molar-refractivity contribution in [1.29, 1.82) is 0 Å². The van der Waals surface area contributed by atoms with Gasteiger partial charge in [0, 0.05) is 23.2 Å². The molecule has 2 amide bonds. The summed E-state index contributed by atoms with van der Waals surface area (Å²) in [7, 11) is -2.32. The van der Waals surface area contributed by atoms with Crippen molar-refractivity contribution in [1.82, 2.24) is 0 Å². The quantitative estimate of drug-likeness (QED) is 0.586. The number of para-hydroxylation sites is 1. The van der Waals surface area contributed by atoms with Crippen molar-refractivity contribution in [3.63, 3.8) is 0 Å². The number of hydrogen-bond donors (Lipinski definition) is 2. The number of carbonyl (C=O) groups is 2. The standard InChI is InChI=1S/C23H21N3O4S2/c1-15-22(27)25-20-13-16(11-12-21(20)31-15)23(28)24-17-7-6-10-19(14-17)32(29,30)26(2)18-8-4-3-5-9-18/h3-15H,1-2H3,(H,24,28)(H,25,27)/t15-/m1/s1. The summed E-state index contributed by atoms with van der Waals surface area (Å²) in [5.74, 6) is -0.517. The first-order valence-corrected chi connectivity index (χ1v) is 12.1. The van der Waals surface area contributed by atoms with E-state index in [1.807, 2.05) is 13.0 Å².